The zero-order valence-corrected chi connectivity index (χ0v) is 19.7. The monoisotopic (exact) mass is 435 g/mol. The number of carbonyl (C=O) groups excluding carboxylic acids is 1. The number of aryl methyl sites for hydroxylation is 1. The van der Waals surface area contributed by atoms with Gasteiger partial charge in [-0.25, -0.2) is 8.42 Å². The molecule has 1 heterocycles. The summed E-state index contributed by atoms with van der Waals surface area (Å²) in [7, 11) is -4.00. The third-order valence-electron chi connectivity index (χ3n) is 5.02. The van der Waals surface area contributed by atoms with E-state index in [1.807, 2.05) is 24.4 Å². The van der Waals surface area contributed by atoms with E-state index in [0.717, 1.165) is 21.6 Å². The van der Waals surface area contributed by atoms with E-state index in [2.05, 4.69) is 4.72 Å². The van der Waals surface area contributed by atoms with Crippen LogP contribution in [-0.4, -0.2) is 19.9 Å². The van der Waals surface area contributed by atoms with Crippen molar-refractivity contribution in [1.82, 2.24) is 4.72 Å². The minimum atomic E-state index is -4.00. The average Bonchev–Trinajstić information content (AvgIpc) is 3.24. The second-order valence-electron chi connectivity index (χ2n) is 7.04. The molecule has 0 bridgehead atoms. The van der Waals surface area contributed by atoms with Gasteiger partial charge in [0.2, 0.25) is 10.0 Å². The van der Waals surface area contributed by atoms with E-state index in [1.165, 1.54) is 12.1 Å². The molecule has 1 N–H and O–H groups in total. The van der Waals surface area contributed by atoms with Gasteiger partial charge in [0.1, 0.15) is 0 Å². The predicted octanol–water partition coefficient (Wildman–Crippen LogP) is -0.318. The molecule has 2 atom stereocenters. The number of rotatable bonds is 6. The molecule has 0 aliphatic heterocycles. The number of carbonyl (C=O) groups is 1. The second kappa shape index (κ2) is 8.34. The molecule has 4 rings (SSSR count). The number of sulfonamides is 1. The van der Waals surface area contributed by atoms with E-state index >= 15 is 0 Å². The Bertz CT molecular complexity index is 1130. The molecule has 0 spiro atoms. The van der Waals surface area contributed by atoms with Crippen molar-refractivity contribution in [3.05, 3.63) is 77.2 Å². The maximum atomic E-state index is 12.8. The van der Waals surface area contributed by atoms with Gasteiger partial charge in [0.15, 0.2) is 0 Å². The van der Waals surface area contributed by atoms with Crippen LogP contribution in [0.3, 0.4) is 0 Å². The third-order valence-corrected chi connectivity index (χ3v) is 7.65. The quantitative estimate of drug-likeness (QED) is 0.538. The summed E-state index contributed by atoms with van der Waals surface area (Å²) in [6.07, 6.45) is 0.172. The topological polar surface area (TPSA) is 86.3 Å². The molecule has 2 unspecified atom stereocenters. The van der Waals surface area contributed by atoms with Gasteiger partial charge in [-0.15, -0.1) is 11.3 Å². The number of carboxylic acid groups (broad SMARTS) is 1. The van der Waals surface area contributed by atoms with Gasteiger partial charge in [0.05, 0.1) is 16.4 Å². The molecule has 0 amide bonds. The number of hydrogen-bond donors (Lipinski definition) is 1. The smallest absolute Gasteiger partial charge is 0.548 e. The molecular formula is C21H18NNaO4S2. The summed E-state index contributed by atoms with van der Waals surface area (Å²) in [5.41, 5.74) is 1.23. The van der Waals surface area contributed by atoms with Crippen LogP contribution in [0.25, 0.3) is 10.4 Å². The number of aliphatic carboxylic acids is 1. The first-order chi connectivity index (χ1) is 13.3. The van der Waals surface area contributed by atoms with Crippen molar-refractivity contribution in [3.8, 4) is 10.4 Å². The second-order valence-corrected chi connectivity index (χ2v) is 9.64. The van der Waals surface area contributed by atoms with Gasteiger partial charge >= 0.3 is 29.6 Å². The van der Waals surface area contributed by atoms with Gasteiger partial charge in [0, 0.05) is 10.8 Å². The fourth-order valence-electron chi connectivity index (χ4n) is 3.41. The minimum Gasteiger partial charge on any atom is -0.548 e. The number of thiophene rings is 1. The molecule has 8 heteroatoms. The van der Waals surface area contributed by atoms with Crippen LogP contribution in [0.1, 0.15) is 23.5 Å². The summed E-state index contributed by atoms with van der Waals surface area (Å²) >= 11 is 1.59. The molecule has 3 aromatic rings. The van der Waals surface area contributed by atoms with Crippen LogP contribution in [-0.2, 0) is 14.8 Å². The van der Waals surface area contributed by atoms with Gasteiger partial charge in [-0.1, -0.05) is 42.5 Å². The van der Waals surface area contributed by atoms with Gasteiger partial charge in [-0.3, -0.25) is 0 Å². The van der Waals surface area contributed by atoms with Crippen molar-refractivity contribution < 1.29 is 47.9 Å². The van der Waals surface area contributed by atoms with E-state index in [4.69, 9.17) is 0 Å². The molecule has 1 aliphatic carbocycles. The van der Waals surface area contributed by atoms with Crippen molar-refractivity contribution in [1.29, 1.82) is 0 Å². The van der Waals surface area contributed by atoms with Crippen LogP contribution in [0.2, 0.25) is 0 Å². The molecule has 1 saturated carbocycles. The largest absolute Gasteiger partial charge is 1.00 e. The molecule has 1 aliphatic rings. The van der Waals surface area contributed by atoms with Crippen LogP contribution >= 0.6 is 11.3 Å². The molecule has 0 saturated heterocycles. The van der Waals surface area contributed by atoms with Crippen LogP contribution in [0, 0.1) is 6.92 Å². The van der Waals surface area contributed by atoms with E-state index < -0.39 is 27.4 Å². The molecule has 144 valence electrons. The first-order valence-corrected chi connectivity index (χ1v) is 11.1. The summed E-state index contributed by atoms with van der Waals surface area (Å²) in [4.78, 5) is 12.9. The zero-order valence-electron chi connectivity index (χ0n) is 16.1. The molecule has 0 radical (unpaired) electrons. The van der Waals surface area contributed by atoms with Crippen molar-refractivity contribution in [2.45, 2.75) is 29.7 Å². The third kappa shape index (κ3) is 4.35. The van der Waals surface area contributed by atoms with Crippen LogP contribution in [0.15, 0.2) is 70.9 Å². The standard InChI is InChI=1S/C21H19NO4S2.Na/c1-14-11-19(27-13-14)16-7-9-17(10-8-16)28(25,26)22-21(20(23)24)12-18(21)15-5-3-2-4-6-15;/h2-11,13,18,22H,12H2,1H3,(H,23,24);/q;+1/p-1. The van der Waals surface area contributed by atoms with Gasteiger partial charge in [0.25, 0.3) is 0 Å². The maximum absolute atomic E-state index is 12.8. The van der Waals surface area contributed by atoms with Gasteiger partial charge in [-0.05, 0) is 53.6 Å². The Kier molecular flexibility index (Phi) is 6.38. The zero-order chi connectivity index (χ0) is 19.9. The summed E-state index contributed by atoms with van der Waals surface area (Å²) in [6, 6.07) is 17.5. The summed E-state index contributed by atoms with van der Waals surface area (Å²) in [5.74, 6) is -1.85. The summed E-state index contributed by atoms with van der Waals surface area (Å²) in [6.45, 7) is 2.00. The molecule has 2 aromatic carbocycles. The van der Waals surface area contributed by atoms with Crippen LogP contribution < -0.4 is 39.4 Å². The fraction of sp³-hybridized carbons (Fsp3) is 0.190. The Hall–Kier alpha value is -1.48. The Morgan fingerprint density at radius 1 is 1.14 bits per heavy atom. The molecule has 1 aromatic heterocycles. The first-order valence-electron chi connectivity index (χ1n) is 8.78. The Morgan fingerprint density at radius 2 is 1.79 bits per heavy atom. The predicted molar refractivity (Wildman–Crippen MR) is 106 cm³/mol. The minimum absolute atomic E-state index is 0. The van der Waals surface area contributed by atoms with Gasteiger partial charge < -0.3 is 9.90 Å². The summed E-state index contributed by atoms with van der Waals surface area (Å²) in [5, 5.41) is 13.8. The molecule has 29 heavy (non-hydrogen) atoms. The first kappa shape index (κ1) is 22.2. The summed E-state index contributed by atoms with van der Waals surface area (Å²) < 4.78 is 28.0. The number of benzene rings is 2. The number of carboxylic acids is 1. The van der Waals surface area contributed by atoms with Crippen molar-refractivity contribution >= 4 is 27.3 Å². The molecule has 1 fully saturated rings. The normalized spacial score (nSPS) is 20.7. The van der Waals surface area contributed by atoms with E-state index in [-0.39, 0.29) is 40.9 Å². The van der Waals surface area contributed by atoms with Crippen molar-refractivity contribution in [2.75, 3.05) is 0 Å². The Labute approximate surface area is 196 Å². The maximum Gasteiger partial charge on any atom is 1.00 e. The Balaban J connectivity index is 0.00000240. The molecular weight excluding hydrogens is 417 g/mol. The van der Waals surface area contributed by atoms with E-state index in [0.29, 0.717) is 0 Å². The SMILES string of the molecule is Cc1csc(-c2ccc(S(=O)(=O)NC3(C(=O)[O-])CC3c3ccccc3)cc2)c1.[Na+]. The van der Waals surface area contributed by atoms with Crippen molar-refractivity contribution in [3.63, 3.8) is 0 Å². The van der Waals surface area contributed by atoms with Crippen molar-refractivity contribution in [2.24, 2.45) is 0 Å². The van der Waals surface area contributed by atoms with E-state index in [1.54, 1.807) is 47.7 Å². The average molecular weight is 436 g/mol. The molecule has 5 nitrogen and oxygen atoms in total. The number of nitrogens with one attached hydrogen (secondary N) is 1. The van der Waals surface area contributed by atoms with Crippen LogP contribution in [0.5, 0.6) is 0 Å². The fourth-order valence-corrected chi connectivity index (χ4v) is 5.72. The van der Waals surface area contributed by atoms with E-state index in [9.17, 15) is 18.3 Å². The van der Waals surface area contributed by atoms with Crippen LogP contribution in [0.4, 0.5) is 0 Å². The Morgan fingerprint density at radius 3 is 2.34 bits per heavy atom. The number of hydrogen-bond acceptors (Lipinski definition) is 5. The van der Waals surface area contributed by atoms with Gasteiger partial charge in [-0.2, -0.15) is 4.72 Å².